The van der Waals surface area contributed by atoms with Crippen molar-refractivity contribution in [3.05, 3.63) is 178 Å². The van der Waals surface area contributed by atoms with Crippen molar-refractivity contribution in [3.8, 4) is 33.8 Å². The summed E-state index contributed by atoms with van der Waals surface area (Å²) in [6.45, 7) is 17.5. The molecule has 2 heterocycles. The van der Waals surface area contributed by atoms with Crippen LogP contribution < -0.4 is 36.2 Å². The van der Waals surface area contributed by atoms with Crippen LogP contribution in [0.3, 0.4) is 0 Å². The summed E-state index contributed by atoms with van der Waals surface area (Å²) in [4.78, 5) is 109. The Balaban J connectivity index is 0.000000314. The summed E-state index contributed by atoms with van der Waals surface area (Å²) < 4.78 is 12.0. The number of methoxy groups -OCH3 is 2. The summed E-state index contributed by atoms with van der Waals surface area (Å²) in [6.07, 6.45) is 1.81. The second-order valence-electron chi connectivity index (χ2n) is 35.0. The number of carboxylic acids is 1. The molecule has 6 aliphatic carbocycles. The van der Waals surface area contributed by atoms with Crippen molar-refractivity contribution < 1.29 is 83.1 Å². The number of nitrogens with one attached hydrogen (secondary N) is 5. The molecule has 0 aromatic heterocycles. The van der Waals surface area contributed by atoms with Gasteiger partial charge >= 0.3 is 5.97 Å². The first-order valence-corrected chi connectivity index (χ1v) is 41.5. The largest absolute Gasteiger partial charge is 0.496 e. The van der Waals surface area contributed by atoms with Gasteiger partial charge in [0.25, 0.3) is 17.7 Å². The van der Waals surface area contributed by atoms with Gasteiger partial charge in [0, 0.05) is 102 Å². The summed E-state index contributed by atoms with van der Waals surface area (Å²) in [5.74, 6) is -0.716. The van der Waals surface area contributed by atoms with Gasteiger partial charge in [0.05, 0.1) is 72.5 Å². The van der Waals surface area contributed by atoms with Gasteiger partial charge < -0.3 is 70.9 Å². The SMILES string of the molecule is C.C.CNOC.COc1c(CN2O[C@@H](CO)[C@@H]([C@H](C)O)[C@H]2C(=O)N[C@H]2C[C@H]3C[C@@H]([C@@H]2C)C3(C)C)cccc1-c1cc(C(=O)N[C@@H](Cc2ccccc2)CN(C)C)cc(C(=O)N(C)OC)c1.COc1c(CN2O[C@@H](CO)[C@@H]([C@H](C)O)[C@H]2C(=O)N[C@H]2C[C@H]3C[C@@H]([C@@H]2C)C3(C)C)cccc1-c1cc(C(=O)O)cc(C(=O)N[C@@H](Cc2ccccc2)CN(C)C)c1.Cl. The molecule has 0 unspecified atom stereocenters. The summed E-state index contributed by atoms with van der Waals surface area (Å²) in [7, 11) is 17.0. The van der Waals surface area contributed by atoms with Crippen molar-refractivity contribution in [3.63, 3.8) is 0 Å². The second kappa shape index (κ2) is 44.4. The quantitative estimate of drug-likeness (QED) is 0.0175. The van der Waals surface area contributed by atoms with E-state index in [2.05, 4.69) is 73.1 Å². The third-order valence-corrected chi connectivity index (χ3v) is 26.1. The zero-order chi connectivity index (χ0) is 86.6. The highest BCUT2D eigenvalue weighted by Crippen LogP contribution is 2.62. The van der Waals surface area contributed by atoms with Crippen LogP contribution in [0, 0.1) is 58.2 Å². The van der Waals surface area contributed by atoms with E-state index in [9.17, 15) is 54.3 Å². The van der Waals surface area contributed by atoms with E-state index in [1.165, 1.54) is 51.3 Å². The van der Waals surface area contributed by atoms with E-state index in [0.717, 1.165) is 29.0 Å². The van der Waals surface area contributed by atoms with Crippen LogP contribution in [0.2, 0.25) is 0 Å². The van der Waals surface area contributed by atoms with Crippen molar-refractivity contribution in [2.24, 2.45) is 58.2 Å². The van der Waals surface area contributed by atoms with Crippen LogP contribution in [-0.4, -0.2) is 244 Å². The van der Waals surface area contributed by atoms with E-state index in [1.54, 1.807) is 76.6 Å². The first kappa shape index (κ1) is 101. The topological polar surface area (TPSA) is 335 Å². The maximum absolute atomic E-state index is 14.3. The zero-order valence-corrected chi connectivity index (χ0v) is 73.7. The molecule has 0 radical (unpaired) electrons. The molecule has 8 aliphatic rings. The standard InChI is InChI=1S/C46H63N5O8.C44H58N4O8.C2H7NO.2CH4.ClH/c1-27-37-22-34(46(37,3)4)23-38(27)48-44(55)41-40(28(2)53)39(26-52)59-51(41)24-30-16-13-17-36(42(30)57-8)31-19-32(21-33(20-31)45(56)50(7)58-9)43(54)47-35(25-49(5)6)18-29-14-11-10-12-15-29;1-25-35-20-32(44(35,3)4)21-36(25)46-42(52)39-38(26(2)50)37(24-49)56-48(39)22-28-14-11-15-34(40(28)55-7)29-17-30(19-31(18-29)43(53)54)41(51)45-33(23-47(5)6)16-27-12-9-8-10-13-27;1-3-4-2;;;/h10-17,19-21,27-28,34-35,37-41,52-53H,18,22-26H2,1-9H3,(H,47,54)(H,48,55);8-15,17-19,25-26,32-33,35-39,49-50H,16,20-24H2,1-7H3,(H,45,51)(H,46,52)(H,53,54);3H,1-2H3;2*1H4;1H/t27-,28-,34+,35-,37-,38-,39-,40+,41-;25-,26-,32+,33-,35-,36-,37-,38+,39-;;;;/m00..../s1. The number of carbonyl (C=O) groups is 6. The molecule has 10 N–H and O–H groups in total. The summed E-state index contributed by atoms with van der Waals surface area (Å²) in [6, 6.07) is 38.0. The number of aliphatic hydroxyl groups is 4. The number of rotatable bonds is 32. The molecule has 2 saturated heterocycles. The molecular weight excluding hydrogens is 1580 g/mol. The third kappa shape index (κ3) is 23.2. The number of aromatic carboxylic acids is 1. The van der Waals surface area contributed by atoms with Crippen LogP contribution in [-0.2, 0) is 54.9 Å². The molecule has 18 atom stereocenters. The fraction of sp³-hybridized carbons (Fsp3) is 0.553. The smallest absolute Gasteiger partial charge is 0.335 e. The number of para-hydroxylation sites is 2. The highest BCUT2D eigenvalue weighted by molar-refractivity contribution is 6.02. The average Bonchev–Trinajstić information content (AvgIpc) is 0.787. The van der Waals surface area contributed by atoms with Crippen LogP contribution in [0.15, 0.2) is 133 Å². The van der Waals surface area contributed by atoms with Crippen molar-refractivity contribution in [1.82, 2.24) is 51.7 Å². The monoisotopic (exact) mass is 1710 g/mol. The third-order valence-electron chi connectivity index (χ3n) is 26.1. The second-order valence-corrected chi connectivity index (χ2v) is 35.0. The number of amides is 5. The molecule has 6 saturated carbocycles. The number of benzene rings is 6. The predicted molar refractivity (Wildman–Crippen MR) is 475 cm³/mol. The van der Waals surface area contributed by atoms with Gasteiger partial charge in [0.1, 0.15) is 35.8 Å². The minimum atomic E-state index is -1.18. The molecule has 6 aromatic rings. The molecular formula is C94H137ClN10O17. The van der Waals surface area contributed by atoms with Gasteiger partial charge in [-0.3, -0.25) is 38.5 Å². The van der Waals surface area contributed by atoms with Gasteiger partial charge in [0.2, 0.25) is 11.8 Å². The molecule has 6 aromatic carbocycles. The number of fused-ring (bicyclic) bond motifs is 4. The van der Waals surface area contributed by atoms with Crippen LogP contribution in [0.1, 0.15) is 160 Å². The Morgan fingerprint density at radius 1 is 0.541 bits per heavy atom. The lowest BCUT2D eigenvalue weighted by molar-refractivity contribution is -0.183. The number of hydrogen-bond acceptors (Lipinski definition) is 21. The van der Waals surface area contributed by atoms with E-state index in [1.807, 2.05) is 123 Å². The Labute approximate surface area is 728 Å². The average molecular weight is 1710 g/mol. The fourth-order valence-corrected chi connectivity index (χ4v) is 19.5. The lowest BCUT2D eigenvalue weighted by atomic mass is 9.45. The summed E-state index contributed by atoms with van der Waals surface area (Å²) >= 11 is 0. The maximum Gasteiger partial charge on any atom is 0.335 e. The first-order valence-electron chi connectivity index (χ1n) is 41.5. The first-order chi connectivity index (χ1) is 56.6. The molecule has 28 heteroatoms. The normalized spacial score (nSPS) is 24.9. The van der Waals surface area contributed by atoms with Crippen molar-refractivity contribution in [1.29, 1.82) is 0 Å². The fourth-order valence-electron chi connectivity index (χ4n) is 19.5. The Bertz CT molecular complexity index is 4440. The molecule has 14 rings (SSSR count). The molecule has 122 heavy (non-hydrogen) atoms. The van der Waals surface area contributed by atoms with Crippen molar-refractivity contribution in [2.45, 2.75) is 183 Å². The zero-order valence-electron chi connectivity index (χ0n) is 72.9. The number of likely N-dealkylation sites (N-methyl/N-ethyl adjacent to an activating group) is 2. The maximum atomic E-state index is 14.3. The van der Waals surface area contributed by atoms with Crippen molar-refractivity contribution in [2.75, 3.05) is 97.0 Å². The molecule has 2 aliphatic heterocycles. The number of hydrogen-bond donors (Lipinski definition) is 10. The van der Waals surface area contributed by atoms with Gasteiger partial charge in [-0.2, -0.15) is 10.1 Å². The summed E-state index contributed by atoms with van der Waals surface area (Å²) in [5.41, 5.74) is 9.17. The molecule has 0 spiro atoms. The highest BCUT2D eigenvalue weighted by atomic mass is 35.5. The minimum Gasteiger partial charge on any atom is -0.496 e. The van der Waals surface area contributed by atoms with Gasteiger partial charge in [0.15, 0.2) is 0 Å². The van der Waals surface area contributed by atoms with Crippen LogP contribution >= 0.6 is 12.4 Å². The Hall–Kier alpha value is -8.49. The van der Waals surface area contributed by atoms with E-state index in [0.29, 0.717) is 106 Å². The van der Waals surface area contributed by atoms with Gasteiger partial charge in [-0.05, 0) is 186 Å². The lowest BCUT2D eigenvalue weighted by Gasteiger charge is -2.62. The molecule has 672 valence electrons. The number of carbonyl (C=O) groups excluding carboxylic acids is 5. The number of carboxylic acid groups (broad SMARTS) is 1. The van der Waals surface area contributed by atoms with Crippen molar-refractivity contribution >= 4 is 47.9 Å². The van der Waals surface area contributed by atoms with E-state index in [-0.39, 0.29) is 122 Å². The van der Waals surface area contributed by atoms with Crippen LogP contribution in [0.5, 0.6) is 11.5 Å². The Kier molecular flexibility index (Phi) is 36.6. The number of ether oxygens (including phenoxy) is 2. The molecule has 4 bridgehead atoms. The Morgan fingerprint density at radius 3 is 1.23 bits per heavy atom. The van der Waals surface area contributed by atoms with E-state index >= 15 is 0 Å². The van der Waals surface area contributed by atoms with Crippen LogP contribution in [0.4, 0.5) is 0 Å². The minimum absolute atomic E-state index is 0. The number of nitrogens with zero attached hydrogens (tertiary/aromatic N) is 5. The Morgan fingerprint density at radius 2 is 0.910 bits per heavy atom. The van der Waals surface area contributed by atoms with E-state index < -0.39 is 72.7 Å². The van der Waals surface area contributed by atoms with E-state index in [4.69, 9.17) is 24.0 Å². The molecule has 27 nitrogen and oxygen atoms in total. The molecule has 5 amide bonds. The van der Waals surface area contributed by atoms with Crippen LogP contribution in [0.25, 0.3) is 22.3 Å². The van der Waals surface area contributed by atoms with Gasteiger partial charge in [-0.1, -0.05) is 153 Å². The summed E-state index contributed by atoms with van der Waals surface area (Å²) in [5, 5.41) is 69.9. The number of aliphatic hydroxyl groups excluding tert-OH is 4. The van der Waals surface area contributed by atoms with Gasteiger partial charge in [-0.15, -0.1) is 12.4 Å². The lowest BCUT2D eigenvalue weighted by Crippen LogP contribution is -2.62. The number of halogens is 1. The predicted octanol–water partition coefficient (Wildman–Crippen LogP) is 10.6. The van der Waals surface area contributed by atoms with Gasteiger partial charge in [-0.25, -0.2) is 15.3 Å². The highest BCUT2D eigenvalue weighted by Gasteiger charge is 2.59. The molecule has 8 fully saturated rings. The number of hydroxylamine groups is 7.